The number of hydrogen-bond acceptors (Lipinski definition) is 2. The molecule has 5 nitrogen and oxygen atoms in total. The molecular formula is C19H28ClN5. The van der Waals surface area contributed by atoms with Crippen LogP contribution in [0.4, 0.5) is 0 Å². The smallest absolute Gasteiger partial charge is 0.191 e. The average molecular weight is 362 g/mol. The number of halogens is 1. The Morgan fingerprint density at radius 1 is 1.24 bits per heavy atom. The fourth-order valence-electron chi connectivity index (χ4n) is 3.00. The van der Waals surface area contributed by atoms with Crippen molar-refractivity contribution in [2.75, 3.05) is 7.05 Å². The van der Waals surface area contributed by atoms with E-state index in [-0.39, 0.29) is 6.04 Å². The van der Waals surface area contributed by atoms with Gasteiger partial charge in [0.25, 0.3) is 0 Å². The van der Waals surface area contributed by atoms with Crippen LogP contribution in [0.3, 0.4) is 0 Å². The Hall–Kier alpha value is -2.01. The zero-order valence-electron chi connectivity index (χ0n) is 15.7. The fraction of sp³-hybridized carbons (Fsp3) is 0.474. The molecule has 136 valence electrons. The number of aromatic nitrogens is 2. The van der Waals surface area contributed by atoms with Crippen LogP contribution >= 0.6 is 11.6 Å². The Balaban J connectivity index is 2.05. The molecule has 0 bridgehead atoms. The van der Waals surface area contributed by atoms with Crippen LogP contribution in [0.1, 0.15) is 49.3 Å². The van der Waals surface area contributed by atoms with Crippen LogP contribution in [0, 0.1) is 0 Å². The van der Waals surface area contributed by atoms with Gasteiger partial charge in [-0.3, -0.25) is 9.67 Å². The van der Waals surface area contributed by atoms with Gasteiger partial charge in [0.15, 0.2) is 5.96 Å². The molecule has 1 aromatic carbocycles. The second-order valence-electron chi connectivity index (χ2n) is 6.05. The largest absolute Gasteiger partial charge is 0.352 e. The van der Waals surface area contributed by atoms with Gasteiger partial charge in [-0.15, -0.1) is 0 Å². The van der Waals surface area contributed by atoms with Gasteiger partial charge >= 0.3 is 0 Å². The molecule has 25 heavy (non-hydrogen) atoms. The molecule has 0 aliphatic carbocycles. The summed E-state index contributed by atoms with van der Waals surface area (Å²) in [5.74, 6) is 0.774. The molecule has 1 heterocycles. The number of nitrogens with one attached hydrogen (secondary N) is 2. The van der Waals surface area contributed by atoms with Gasteiger partial charge in [0.1, 0.15) is 0 Å². The first-order valence-corrected chi connectivity index (χ1v) is 9.14. The molecule has 1 aromatic heterocycles. The number of guanidine groups is 1. The lowest BCUT2D eigenvalue weighted by Crippen LogP contribution is -2.38. The first-order valence-electron chi connectivity index (χ1n) is 8.76. The highest BCUT2D eigenvalue weighted by atomic mass is 35.5. The first-order chi connectivity index (χ1) is 12.0. The lowest BCUT2D eigenvalue weighted by molar-refractivity contribution is 0.681. The van der Waals surface area contributed by atoms with E-state index in [4.69, 9.17) is 11.6 Å². The molecule has 0 aliphatic heterocycles. The number of hydrogen-bond donors (Lipinski definition) is 2. The number of aryl methyl sites for hydroxylation is 2. The molecule has 0 fully saturated rings. The van der Waals surface area contributed by atoms with Gasteiger partial charge in [-0.1, -0.05) is 37.6 Å². The Bertz CT molecular complexity index is 718. The maximum atomic E-state index is 5.96. The topological polar surface area (TPSA) is 54.2 Å². The lowest BCUT2D eigenvalue weighted by atomic mass is 10.1. The predicted molar refractivity (Wildman–Crippen MR) is 105 cm³/mol. The second-order valence-corrected chi connectivity index (χ2v) is 6.48. The predicted octanol–water partition coefficient (Wildman–Crippen LogP) is 3.62. The van der Waals surface area contributed by atoms with E-state index in [2.05, 4.69) is 41.5 Å². The summed E-state index contributed by atoms with van der Waals surface area (Å²) in [5, 5.41) is 12.2. The molecule has 2 aromatic rings. The third-order valence-electron chi connectivity index (χ3n) is 4.41. The van der Waals surface area contributed by atoms with Crippen LogP contribution in [0.15, 0.2) is 29.3 Å². The van der Waals surface area contributed by atoms with E-state index in [1.165, 1.54) is 11.3 Å². The van der Waals surface area contributed by atoms with Crippen molar-refractivity contribution in [1.29, 1.82) is 0 Å². The number of benzene rings is 1. The van der Waals surface area contributed by atoms with E-state index >= 15 is 0 Å². The maximum Gasteiger partial charge on any atom is 0.191 e. The summed E-state index contributed by atoms with van der Waals surface area (Å²) in [4.78, 5) is 4.35. The highest BCUT2D eigenvalue weighted by molar-refractivity contribution is 6.30. The van der Waals surface area contributed by atoms with Crippen molar-refractivity contribution in [3.05, 3.63) is 51.8 Å². The quantitative estimate of drug-likeness (QED) is 0.610. The summed E-state index contributed by atoms with van der Waals surface area (Å²) >= 11 is 5.96. The third kappa shape index (κ3) is 4.75. The summed E-state index contributed by atoms with van der Waals surface area (Å²) in [5.41, 5.74) is 4.85. The summed E-state index contributed by atoms with van der Waals surface area (Å²) in [6.07, 6.45) is 1.89. The van der Waals surface area contributed by atoms with Gasteiger partial charge in [0.05, 0.1) is 11.7 Å². The van der Waals surface area contributed by atoms with Crippen molar-refractivity contribution in [1.82, 2.24) is 20.4 Å². The van der Waals surface area contributed by atoms with Crippen LogP contribution in [-0.4, -0.2) is 22.8 Å². The molecule has 1 unspecified atom stereocenters. The van der Waals surface area contributed by atoms with E-state index in [9.17, 15) is 0 Å². The lowest BCUT2D eigenvalue weighted by Gasteiger charge is -2.18. The highest BCUT2D eigenvalue weighted by Crippen LogP contribution is 2.17. The van der Waals surface area contributed by atoms with Gasteiger partial charge in [-0.2, -0.15) is 5.10 Å². The Labute approximate surface area is 155 Å². The Kier molecular flexibility index (Phi) is 6.88. The van der Waals surface area contributed by atoms with Crippen molar-refractivity contribution in [2.24, 2.45) is 12.0 Å². The number of nitrogens with zero attached hydrogens (tertiary/aromatic N) is 3. The van der Waals surface area contributed by atoms with Gasteiger partial charge < -0.3 is 10.6 Å². The summed E-state index contributed by atoms with van der Waals surface area (Å²) in [7, 11) is 3.80. The molecule has 0 amide bonds. The average Bonchev–Trinajstić information content (AvgIpc) is 2.93. The molecule has 2 rings (SSSR count). The van der Waals surface area contributed by atoms with E-state index in [0.29, 0.717) is 6.54 Å². The monoisotopic (exact) mass is 361 g/mol. The van der Waals surface area contributed by atoms with Crippen LogP contribution in [0.5, 0.6) is 0 Å². The van der Waals surface area contributed by atoms with E-state index in [1.807, 2.05) is 36.0 Å². The van der Waals surface area contributed by atoms with Gasteiger partial charge in [0.2, 0.25) is 0 Å². The van der Waals surface area contributed by atoms with Gasteiger partial charge in [0, 0.05) is 36.9 Å². The highest BCUT2D eigenvalue weighted by Gasteiger charge is 2.14. The third-order valence-corrected chi connectivity index (χ3v) is 4.66. The van der Waals surface area contributed by atoms with Crippen LogP contribution in [-0.2, 0) is 26.4 Å². The number of aliphatic imine (C=N–C) groups is 1. The molecule has 0 radical (unpaired) electrons. The zero-order chi connectivity index (χ0) is 18.4. The first kappa shape index (κ1) is 19.3. The van der Waals surface area contributed by atoms with E-state index in [1.54, 1.807) is 7.05 Å². The van der Waals surface area contributed by atoms with Crippen molar-refractivity contribution in [3.8, 4) is 0 Å². The van der Waals surface area contributed by atoms with Crippen LogP contribution in [0.25, 0.3) is 0 Å². The number of rotatable bonds is 6. The van der Waals surface area contributed by atoms with Crippen molar-refractivity contribution in [2.45, 2.75) is 46.2 Å². The van der Waals surface area contributed by atoms with E-state index < -0.39 is 0 Å². The maximum absolute atomic E-state index is 5.96. The normalized spacial score (nSPS) is 13.0. The van der Waals surface area contributed by atoms with E-state index in [0.717, 1.165) is 35.1 Å². The minimum atomic E-state index is 0.133. The SMILES string of the molecule is CCc1nn(C)c(CC)c1CNC(=NC)NC(C)c1ccc(Cl)cc1. The van der Waals surface area contributed by atoms with Crippen molar-refractivity contribution >= 4 is 17.6 Å². The molecule has 0 aliphatic rings. The van der Waals surface area contributed by atoms with Crippen molar-refractivity contribution < 1.29 is 0 Å². The molecule has 0 saturated carbocycles. The van der Waals surface area contributed by atoms with Gasteiger partial charge in [-0.05, 0) is 37.5 Å². The minimum Gasteiger partial charge on any atom is -0.352 e. The minimum absolute atomic E-state index is 0.133. The summed E-state index contributed by atoms with van der Waals surface area (Å²) < 4.78 is 1.99. The molecule has 1 atom stereocenters. The molecule has 0 spiro atoms. The van der Waals surface area contributed by atoms with Crippen molar-refractivity contribution in [3.63, 3.8) is 0 Å². The van der Waals surface area contributed by atoms with Crippen LogP contribution < -0.4 is 10.6 Å². The summed E-state index contributed by atoms with van der Waals surface area (Å²) in [6.45, 7) is 7.12. The second kappa shape index (κ2) is 8.90. The zero-order valence-corrected chi connectivity index (χ0v) is 16.5. The molecular weight excluding hydrogens is 334 g/mol. The van der Waals surface area contributed by atoms with Gasteiger partial charge in [-0.25, -0.2) is 0 Å². The summed E-state index contributed by atoms with van der Waals surface area (Å²) in [6, 6.07) is 8.00. The standard InChI is InChI=1S/C19H28ClN5/c1-6-17-16(18(7-2)25(5)24-17)12-22-19(21-4)23-13(3)14-8-10-15(20)11-9-14/h8-11,13H,6-7,12H2,1-5H3,(H2,21,22,23). The van der Waals surface area contributed by atoms with Crippen LogP contribution in [0.2, 0.25) is 5.02 Å². The Morgan fingerprint density at radius 2 is 1.92 bits per heavy atom. The molecule has 6 heteroatoms. The molecule has 0 saturated heterocycles. The Morgan fingerprint density at radius 3 is 2.48 bits per heavy atom. The fourth-order valence-corrected chi connectivity index (χ4v) is 3.13. The molecule has 2 N–H and O–H groups in total.